The van der Waals surface area contributed by atoms with E-state index in [0.29, 0.717) is 30.1 Å². The molecule has 2 heterocycles. The smallest absolute Gasteiger partial charge is 0.416 e. The largest absolute Gasteiger partial charge is 0.493 e. The van der Waals surface area contributed by atoms with E-state index in [1.54, 1.807) is 13.8 Å². The first-order valence-corrected chi connectivity index (χ1v) is 19.1. The van der Waals surface area contributed by atoms with Gasteiger partial charge in [-0.25, -0.2) is 26.3 Å². The van der Waals surface area contributed by atoms with Crippen LogP contribution in [0.25, 0.3) is 16.9 Å². The number of alkyl halides is 6. The Balaban J connectivity index is 1.62. The number of sulfonamides is 2. The number of nitrogens with zero attached hydrogens (tertiary/aromatic N) is 4. The number of aryl methyl sites for hydroxylation is 1. The number of halogens is 6. The predicted octanol–water partition coefficient (Wildman–Crippen LogP) is 7.46. The second kappa shape index (κ2) is 13.8. The third kappa shape index (κ3) is 7.23. The average Bonchev–Trinajstić information content (AvgIpc) is 3.75. The molecule has 53 heavy (non-hydrogen) atoms. The van der Waals surface area contributed by atoms with Gasteiger partial charge in [-0.2, -0.15) is 30.1 Å². The molecule has 1 fully saturated rings. The van der Waals surface area contributed by atoms with Gasteiger partial charge in [0.1, 0.15) is 11.6 Å². The normalized spacial score (nSPS) is 14.6. The Kier molecular flexibility index (Phi) is 9.86. The van der Waals surface area contributed by atoms with Gasteiger partial charge in [-0.3, -0.25) is 4.79 Å². The highest BCUT2D eigenvalue weighted by Gasteiger charge is 2.41. The summed E-state index contributed by atoms with van der Waals surface area (Å²) in [4.78, 5) is 18.4. The lowest BCUT2D eigenvalue weighted by molar-refractivity contribution is -0.138. The quantitative estimate of drug-likeness (QED) is 0.144. The van der Waals surface area contributed by atoms with Crippen molar-refractivity contribution in [1.29, 1.82) is 0 Å². The summed E-state index contributed by atoms with van der Waals surface area (Å²) >= 11 is 0. The molecule has 19 heteroatoms. The van der Waals surface area contributed by atoms with Gasteiger partial charge >= 0.3 is 12.4 Å². The van der Waals surface area contributed by atoms with Crippen molar-refractivity contribution < 1.29 is 47.9 Å². The molecule has 1 aliphatic rings. The molecule has 5 aromatic rings. The highest BCUT2D eigenvalue weighted by Crippen LogP contribution is 2.40. The molecule has 0 atom stereocenters. The topological polar surface area (TPSA) is 144 Å². The number of H-pyrrole nitrogens is 1. The van der Waals surface area contributed by atoms with Gasteiger partial charge < -0.3 is 9.72 Å². The molecule has 0 amide bonds. The summed E-state index contributed by atoms with van der Waals surface area (Å²) in [5.74, 6) is 0.284. The van der Waals surface area contributed by atoms with Gasteiger partial charge in [-0.1, -0.05) is 31.9 Å². The molecule has 1 N–H and O–H groups in total. The van der Waals surface area contributed by atoms with Crippen LogP contribution in [0.1, 0.15) is 67.6 Å². The van der Waals surface area contributed by atoms with Gasteiger partial charge in [0.05, 0.1) is 44.5 Å². The summed E-state index contributed by atoms with van der Waals surface area (Å²) in [6.07, 6.45) is -6.15. The van der Waals surface area contributed by atoms with Crippen LogP contribution in [0.2, 0.25) is 0 Å². The van der Waals surface area contributed by atoms with Crippen molar-refractivity contribution in [3.63, 3.8) is 0 Å². The molecule has 3 aromatic carbocycles. The number of imidazole rings is 1. The molecule has 0 bridgehead atoms. The zero-order valence-corrected chi connectivity index (χ0v) is 29.6. The number of benzene rings is 3. The van der Waals surface area contributed by atoms with Crippen molar-refractivity contribution in [2.75, 3.05) is 10.3 Å². The molecule has 1 saturated carbocycles. The van der Waals surface area contributed by atoms with Gasteiger partial charge in [-0.15, -0.1) is 5.10 Å². The summed E-state index contributed by atoms with van der Waals surface area (Å²) in [5, 5.41) is 4.61. The van der Waals surface area contributed by atoms with Gasteiger partial charge in [0.25, 0.3) is 25.6 Å². The molecular weight excluding hydrogens is 753 g/mol. The summed E-state index contributed by atoms with van der Waals surface area (Å²) in [6, 6.07) is 7.58. The Hall–Kier alpha value is -4.91. The van der Waals surface area contributed by atoms with Crippen LogP contribution in [0, 0.1) is 6.92 Å². The maximum Gasteiger partial charge on any atom is 0.416 e. The number of ether oxygens (including phenoxy) is 1. The summed E-state index contributed by atoms with van der Waals surface area (Å²) in [7, 11) is -11.1. The maximum atomic E-state index is 14.3. The number of nitrogens with one attached hydrogen (secondary N) is 1. The van der Waals surface area contributed by atoms with Crippen LogP contribution in [-0.2, 0) is 32.4 Å². The van der Waals surface area contributed by atoms with Crippen LogP contribution in [-0.4, -0.2) is 43.0 Å². The third-order valence-corrected chi connectivity index (χ3v) is 12.8. The zero-order valence-electron chi connectivity index (χ0n) is 28.0. The third-order valence-electron chi connectivity index (χ3n) is 8.67. The molecule has 0 radical (unpaired) electrons. The van der Waals surface area contributed by atoms with Crippen molar-refractivity contribution >= 4 is 31.3 Å². The van der Waals surface area contributed by atoms with Crippen molar-refractivity contribution in [2.24, 2.45) is 0 Å². The molecule has 6 rings (SSSR count). The summed E-state index contributed by atoms with van der Waals surface area (Å²) in [5.41, 5.74) is -3.83. The second-order valence-electron chi connectivity index (χ2n) is 12.4. The Morgan fingerprint density at radius 1 is 0.868 bits per heavy atom. The molecule has 0 unspecified atom stereocenters. The van der Waals surface area contributed by atoms with Crippen LogP contribution in [0.3, 0.4) is 0 Å². The van der Waals surface area contributed by atoms with E-state index in [4.69, 9.17) is 4.74 Å². The van der Waals surface area contributed by atoms with E-state index in [1.165, 1.54) is 4.52 Å². The number of hydrogen-bond donors (Lipinski definition) is 1. The number of anilines is 1. The minimum absolute atomic E-state index is 0.00485. The maximum absolute atomic E-state index is 14.3. The lowest BCUT2D eigenvalue weighted by Gasteiger charge is -2.26. The highest BCUT2D eigenvalue weighted by atomic mass is 32.3. The van der Waals surface area contributed by atoms with Crippen molar-refractivity contribution in [3.8, 4) is 17.1 Å². The first-order valence-electron chi connectivity index (χ1n) is 16.3. The van der Waals surface area contributed by atoms with E-state index < -0.39 is 64.6 Å². The first kappa shape index (κ1) is 37.8. The van der Waals surface area contributed by atoms with Crippen LogP contribution < -0.4 is 14.0 Å². The number of aromatic amines is 1. The zero-order chi connectivity index (χ0) is 38.5. The van der Waals surface area contributed by atoms with E-state index in [1.807, 2.05) is 0 Å². The molecule has 0 aliphatic heterocycles. The Morgan fingerprint density at radius 2 is 1.43 bits per heavy atom. The lowest BCUT2D eigenvalue weighted by Crippen LogP contribution is -2.37. The molecule has 0 spiro atoms. The lowest BCUT2D eigenvalue weighted by atomic mass is 10.1. The van der Waals surface area contributed by atoms with Gasteiger partial charge in [0.2, 0.25) is 0 Å². The average molecular weight is 784 g/mol. The molecule has 282 valence electrons. The molecule has 11 nitrogen and oxygen atoms in total. The van der Waals surface area contributed by atoms with Crippen molar-refractivity contribution in [1.82, 2.24) is 19.6 Å². The molecule has 0 saturated heterocycles. The standard InChI is InChI=1S/C34H31F6N5O6S2/c1-3-16-51-28-15-14-24(19-27(28)30-42-32(46)29-20(2)41-31(44(29)43-30)21-8-4-5-9-21)45(52(47,48)25-12-6-10-22(17-25)33(35,36)37)53(49,50)26-13-7-11-23(18-26)34(38,39)40/h6-7,10-15,17-19,21H,3-5,8-9,16H2,1-2H3,(H,42,43,46). The molecule has 2 aromatic heterocycles. The van der Waals surface area contributed by atoms with Crippen LogP contribution in [0.4, 0.5) is 32.0 Å². The van der Waals surface area contributed by atoms with Crippen LogP contribution >= 0.6 is 0 Å². The van der Waals surface area contributed by atoms with E-state index in [2.05, 4.69) is 15.1 Å². The molecule has 1 aliphatic carbocycles. The van der Waals surface area contributed by atoms with E-state index in [0.717, 1.165) is 68.1 Å². The van der Waals surface area contributed by atoms with Gasteiger partial charge in [-0.05, 0) is 80.8 Å². The monoisotopic (exact) mass is 783 g/mol. The Morgan fingerprint density at radius 3 is 1.96 bits per heavy atom. The number of fused-ring (bicyclic) bond motifs is 1. The fraction of sp³-hybridized carbons (Fsp3) is 0.324. The number of aromatic nitrogens is 4. The van der Waals surface area contributed by atoms with E-state index >= 15 is 0 Å². The van der Waals surface area contributed by atoms with Gasteiger partial charge in [0, 0.05) is 5.92 Å². The van der Waals surface area contributed by atoms with E-state index in [9.17, 15) is 48.0 Å². The summed E-state index contributed by atoms with van der Waals surface area (Å²) in [6.45, 7) is 3.52. The SMILES string of the molecule is CCCOc1ccc(N(S(=O)(=O)c2cccc(C(F)(F)F)c2)S(=O)(=O)c2cccc(C(F)(F)F)c2)cc1-c1nn2c(C3CCCC3)nc(C)c2c(=O)[nH]1. The minimum Gasteiger partial charge on any atom is -0.493 e. The highest BCUT2D eigenvalue weighted by molar-refractivity contribution is 8.10. The second-order valence-corrected chi connectivity index (χ2v) is 16.2. The van der Waals surface area contributed by atoms with Crippen LogP contribution in [0.15, 0.2) is 81.3 Å². The Labute approximate surface area is 299 Å². The molecular formula is C34H31F6N5O6S2. The van der Waals surface area contributed by atoms with Crippen molar-refractivity contribution in [2.45, 2.75) is 74.0 Å². The number of hydrogen-bond acceptors (Lipinski definition) is 8. The van der Waals surface area contributed by atoms with Crippen molar-refractivity contribution in [3.05, 3.63) is 99.7 Å². The number of rotatable bonds is 10. The first-order chi connectivity index (χ1) is 24.8. The fourth-order valence-electron chi connectivity index (χ4n) is 6.18. The summed E-state index contributed by atoms with van der Waals surface area (Å²) < 4.78 is 146. The van der Waals surface area contributed by atoms with Gasteiger partial charge in [0.15, 0.2) is 11.3 Å². The van der Waals surface area contributed by atoms with Crippen LogP contribution in [0.5, 0.6) is 5.75 Å². The fourth-order valence-corrected chi connectivity index (χ4v) is 9.95. The Bertz CT molecular complexity index is 2390. The van der Waals surface area contributed by atoms with E-state index in [-0.39, 0.29) is 51.0 Å². The predicted molar refractivity (Wildman–Crippen MR) is 181 cm³/mol. The minimum atomic E-state index is -5.56.